The van der Waals surface area contributed by atoms with Crippen molar-refractivity contribution < 1.29 is 14.1 Å². The Balaban J connectivity index is 1.31. The molecule has 1 atom stereocenters. The highest BCUT2D eigenvalue weighted by Gasteiger charge is 2.39. The van der Waals surface area contributed by atoms with Crippen molar-refractivity contribution in [1.82, 2.24) is 20.7 Å². The topological polar surface area (TPSA) is 87.5 Å². The second kappa shape index (κ2) is 7.85. The van der Waals surface area contributed by atoms with Gasteiger partial charge in [0.05, 0.1) is 0 Å². The maximum absolute atomic E-state index is 12.8. The van der Waals surface area contributed by atoms with E-state index in [1.165, 1.54) is 0 Å². The van der Waals surface area contributed by atoms with E-state index in [4.69, 9.17) is 4.52 Å². The Morgan fingerprint density at radius 1 is 1.25 bits per heavy atom. The second-order valence-corrected chi connectivity index (χ2v) is 9.40. The molecule has 1 aromatic rings. The summed E-state index contributed by atoms with van der Waals surface area (Å²) in [4.78, 5) is 27.4. The zero-order valence-electron chi connectivity index (χ0n) is 17.0. The van der Waals surface area contributed by atoms with Crippen molar-refractivity contribution in [2.45, 2.75) is 64.3 Å². The third-order valence-corrected chi connectivity index (χ3v) is 6.55. The molecule has 2 saturated heterocycles. The molecule has 7 heteroatoms. The first kappa shape index (κ1) is 19.4. The van der Waals surface area contributed by atoms with Crippen molar-refractivity contribution >= 4 is 11.8 Å². The SMILES string of the molecule is CC1(C)CN(C(=O)CC2CCNCC2)CCC1NC(=O)c1cc(C2CC2)on1. The fourth-order valence-corrected chi connectivity index (χ4v) is 4.49. The maximum atomic E-state index is 12.8. The normalized spacial score (nSPS) is 25.5. The van der Waals surface area contributed by atoms with Crippen LogP contribution in [0.15, 0.2) is 10.6 Å². The Kier molecular flexibility index (Phi) is 5.45. The highest BCUT2D eigenvalue weighted by atomic mass is 16.5. The summed E-state index contributed by atoms with van der Waals surface area (Å²) in [7, 11) is 0. The number of rotatable bonds is 5. The predicted octanol–water partition coefficient (Wildman–Crippen LogP) is 2.30. The van der Waals surface area contributed by atoms with Crippen LogP contribution in [0.4, 0.5) is 0 Å². The van der Waals surface area contributed by atoms with Gasteiger partial charge in [-0.05, 0) is 51.1 Å². The van der Waals surface area contributed by atoms with Gasteiger partial charge in [-0.2, -0.15) is 0 Å². The van der Waals surface area contributed by atoms with E-state index in [0.29, 0.717) is 37.0 Å². The van der Waals surface area contributed by atoms with Crippen molar-refractivity contribution in [3.05, 3.63) is 17.5 Å². The van der Waals surface area contributed by atoms with E-state index in [2.05, 4.69) is 29.6 Å². The maximum Gasteiger partial charge on any atom is 0.273 e. The third kappa shape index (κ3) is 4.40. The first-order chi connectivity index (χ1) is 13.4. The summed E-state index contributed by atoms with van der Waals surface area (Å²) in [6.45, 7) is 7.66. The van der Waals surface area contributed by atoms with Gasteiger partial charge in [0.2, 0.25) is 5.91 Å². The van der Waals surface area contributed by atoms with Gasteiger partial charge in [-0.1, -0.05) is 19.0 Å². The van der Waals surface area contributed by atoms with Crippen LogP contribution in [0, 0.1) is 11.3 Å². The highest BCUT2D eigenvalue weighted by molar-refractivity contribution is 5.92. The molecule has 1 aliphatic carbocycles. The van der Waals surface area contributed by atoms with Crippen LogP contribution in [0.25, 0.3) is 0 Å². The summed E-state index contributed by atoms with van der Waals surface area (Å²) in [6.07, 6.45) is 5.83. The summed E-state index contributed by atoms with van der Waals surface area (Å²) < 4.78 is 5.30. The molecular weight excluding hydrogens is 356 g/mol. The quantitative estimate of drug-likeness (QED) is 0.808. The molecule has 0 aromatic carbocycles. The minimum Gasteiger partial charge on any atom is -0.360 e. The van der Waals surface area contributed by atoms with Gasteiger partial charge in [-0.15, -0.1) is 0 Å². The number of piperidine rings is 2. The molecule has 0 radical (unpaired) electrons. The van der Waals surface area contributed by atoms with Crippen LogP contribution in [-0.4, -0.2) is 54.1 Å². The van der Waals surface area contributed by atoms with Crippen LogP contribution in [0.1, 0.15) is 74.5 Å². The lowest BCUT2D eigenvalue weighted by molar-refractivity contribution is -0.136. The van der Waals surface area contributed by atoms with Crippen LogP contribution >= 0.6 is 0 Å². The molecule has 7 nitrogen and oxygen atoms in total. The highest BCUT2D eigenvalue weighted by Crippen LogP contribution is 2.40. The molecule has 2 amide bonds. The monoisotopic (exact) mass is 388 g/mol. The van der Waals surface area contributed by atoms with Crippen LogP contribution < -0.4 is 10.6 Å². The van der Waals surface area contributed by atoms with E-state index in [0.717, 1.165) is 51.0 Å². The Hall–Kier alpha value is -1.89. The number of likely N-dealkylation sites (tertiary alicyclic amines) is 1. The average Bonchev–Trinajstić information content (AvgIpc) is 3.40. The Morgan fingerprint density at radius 2 is 2.00 bits per heavy atom. The summed E-state index contributed by atoms with van der Waals surface area (Å²) in [5.74, 6) is 1.85. The predicted molar refractivity (Wildman–Crippen MR) is 105 cm³/mol. The summed E-state index contributed by atoms with van der Waals surface area (Å²) >= 11 is 0. The van der Waals surface area contributed by atoms with Crippen molar-refractivity contribution in [3.63, 3.8) is 0 Å². The summed E-state index contributed by atoms with van der Waals surface area (Å²) in [6, 6.07) is 1.79. The molecule has 154 valence electrons. The number of amides is 2. The van der Waals surface area contributed by atoms with Gasteiger partial charge < -0.3 is 20.1 Å². The molecule has 3 heterocycles. The van der Waals surface area contributed by atoms with E-state index >= 15 is 0 Å². The molecule has 1 saturated carbocycles. The zero-order chi connectivity index (χ0) is 19.7. The molecule has 0 spiro atoms. The third-order valence-electron chi connectivity index (χ3n) is 6.55. The fraction of sp³-hybridized carbons (Fsp3) is 0.762. The number of aromatic nitrogens is 1. The summed E-state index contributed by atoms with van der Waals surface area (Å²) in [5.41, 5.74) is 0.183. The van der Waals surface area contributed by atoms with Gasteiger partial charge in [0.1, 0.15) is 5.76 Å². The standard InChI is InChI=1S/C21H32N4O3/c1-21(2)13-25(19(26)11-14-5-8-22-9-6-14)10-7-18(21)23-20(27)16-12-17(28-24-16)15-3-4-15/h12,14-15,18,22H,3-11,13H2,1-2H3,(H,23,27). The van der Waals surface area contributed by atoms with Gasteiger partial charge in [0, 0.05) is 43.0 Å². The van der Waals surface area contributed by atoms with Crippen molar-refractivity contribution in [1.29, 1.82) is 0 Å². The first-order valence-corrected chi connectivity index (χ1v) is 10.7. The lowest BCUT2D eigenvalue weighted by Crippen LogP contribution is -2.57. The summed E-state index contributed by atoms with van der Waals surface area (Å²) in [5, 5.41) is 10.4. The average molecular weight is 389 g/mol. The second-order valence-electron chi connectivity index (χ2n) is 9.40. The number of carbonyl (C=O) groups is 2. The minimum absolute atomic E-state index is 0.0176. The molecule has 2 aliphatic heterocycles. The Bertz CT molecular complexity index is 719. The minimum atomic E-state index is -0.180. The molecule has 3 aliphatic rings. The van der Waals surface area contributed by atoms with E-state index in [-0.39, 0.29) is 23.3 Å². The van der Waals surface area contributed by atoms with E-state index in [1.54, 1.807) is 6.07 Å². The molecular formula is C21H32N4O3. The van der Waals surface area contributed by atoms with Crippen molar-refractivity contribution in [2.24, 2.45) is 11.3 Å². The van der Waals surface area contributed by atoms with Crippen molar-refractivity contribution in [3.8, 4) is 0 Å². The zero-order valence-corrected chi connectivity index (χ0v) is 17.0. The molecule has 1 unspecified atom stereocenters. The molecule has 0 bridgehead atoms. The molecule has 2 N–H and O–H groups in total. The van der Waals surface area contributed by atoms with E-state index < -0.39 is 0 Å². The van der Waals surface area contributed by atoms with Crippen LogP contribution in [0.2, 0.25) is 0 Å². The van der Waals surface area contributed by atoms with Crippen LogP contribution in [0.5, 0.6) is 0 Å². The van der Waals surface area contributed by atoms with Crippen molar-refractivity contribution in [2.75, 3.05) is 26.2 Å². The number of nitrogens with zero attached hydrogens (tertiary/aromatic N) is 2. The Morgan fingerprint density at radius 3 is 2.68 bits per heavy atom. The first-order valence-electron chi connectivity index (χ1n) is 10.7. The fourth-order valence-electron chi connectivity index (χ4n) is 4.49. The number of hydrogen-bond donors (Lipinski definition) is 2. The lowest BCUT2D eigenvalue weighted by Gasteiger charge is -2.44. The molecule has 3 fully saturated rings. The molecule has 1 aromatic heterocycles. The number of carbonyl (C=O) groups excluding carboxylic acids is 2. The smallest absolute Gasteiger partial charge is 0.273 e. The van der Waals surface area contributed by atoms with Gasteiger partial charge in [0.25, 0.3) is 5.91 Å². The van der Waals surface area contributed by atoms with Gasteiger partial charge in [-0.25, -0.2) is 0 Å². The van der Waals surface area contributed by atoms with Gasteiger partial charge in [-0.3, -0.25) is 9.59 Å². The molecule has 4 rings (SSSR count). The van der Waals surface area contributed by atoms with Gasteiger partial charge >= 0.3 is 0 Å². The van der Waals surface area contributed by atoms with Crippen LogP contribution in [-0.2, 0) is 4.79 Å². The Labute approximate surface area is 166 Å². The largest absolute Gasteiger partial charge is 0.360 e. The number of nitrogens with one attached hydrogen (secondary N) is 2. The van der Waals surface area contributed by atoms with Gasteiger partial charge in [0.15, 0.2) is 5.69 Å². The van der Waals surface area contributed by atoms with E-state index in [9.17, 15) is 9.59 Å². The molecule has 28 heavy (non-hydrogen) atoms. The lowest BCUT2D eigenvalue weighted by atomic mass is 9.78. The van der Waals surface area contributed by atoms with Crippen LogP contribution in [0.3, 0.4) is 0 Å². The van der Waals surface area contributed by atoms with E-state index in [1.807, 2.05) is 4.90 Å². The number of hydrogen-bond acceptors (Lipinski definition) is 5.